The van der Waals surface area contributed by atoms with Crippen molar-refractivity contribution >= 4 is 29.2 Å². The van der Waals surface area contributed by atoms with E-state index < -0.39 is 5.97 Å². The van der Waals surface area contributed by atoms with Crippen molar-refractivity contribution in [3.05, 3.63) is 77.0 Å². The number of carbonyl (C=O) groups is 2. The largest absolute Gasteiger partial charge is 0.475 e. The Labute approximate surface area is 142 Å². The molecule has 0 saturated heterocycles. The third-order valence-electron chi connectivity index (χ3n) is 3.35. The van der Waals surface area contributed by atoms with Crippen LogP contribution >= 0.6 is 11.6 Å². The molecule has 1 aromatic heterocycles. The van der Waals surface area contributed by atoms with E-state index in [2.05, 4.69) is 5.32 Å². The molecule has 0 spiro atoms. The molecule has 1 amide bonds. The molecule has 3 rings (SSSR count). The summed E-state index contributed by atoms with van der Waals surface area (Å²) in [6, 6.07) is 16.5. The van der Waals surface area contributed by atoms with Gasteiger partial charge in [0.15, 0.2) is 0 Å². The van der Waals surface area contributed by atoms with Crippen LogP contribution in [-0.4, -0.2) is 17.0 Å². The number of carbonyl (C=O) groups excluding carboxylic acids is 1. The van der Waals surface area contributed by atoms with Crippen LogP contribution in [-0.2, 0) is 0 Å². The summed E-state index contributed by atoms with van der Waals surface area (Å²) < 4.78 is 5.31. The number of nitrogens with one attached hydrogen (secondary N) is 1. The fraction of sp³-hybridized carbons (Fsp3) is 0. The number of amides is 1. The van der Waals surface area contributed by atoms with E-state index >= 15 is 0 Å². The summed E-state index contributed by atoms with van der Waals surface area (Å²) in [5.41, 5.74) is 1.47. The van der Waals surface area contributed by atoms with Gasteiger partial charge in [0.1, 0.15) is 5.76 Å². The quantitative estimate of drug-likeness (QED) is 0.729. The average molecular weight is 342 g/mol. The van der Waals surface area contributed by atoms with Crippen molar-refractivity contribution in [2.24, 2.45) is 0 Å². The molecule has 0 bridgehead atoms. The Balaban J connectivity index is 1.96. The number of carboxylic acid groups (broad SMARTS) is 1. The zero-order valence-electron chi connectivity index (χ0n) is 12.3. The van der Waals surface area contributed by atoms with Gasteiger partial charge in [-0.3, -0.25) is 4.79 Å². The molecule has 0 saturated carbocycles. The maximum Gasteiger partial charge on any atom is 0.371 e. The number of hydrogen-bond donors (Lipinski definition) is 2. The first-order valence-corrected chi connectivity index (χ1v) is 7.42. The van der Waals surface area contributed by atoms with Crippen LogP contribution in [0.5, 0.6) is 0 Å². The van der Waals surface area contributed by atoms with Crippen LogP contribution < -0.4 is 5.32 Å². The van der Waals surface area contributed by atoms with E-state index in [9.17, 15) is 9.59 Å². The summed E-state index contributed by atoms with van der Waals surface area (Å²) in [7, 11) is 0. The topological polar surface area (TPSA) is 79.5 Å². The second kappa shape index (κ2) is 6.60. The summed E-state index contributed by atoms with van der Waals surface area (Å²) in [4.78, 5) is 23.3. The minimum atomic E-state index is -1.16. The monoisotopic (exact) mass is 341 g/mol. The lowest BCUT2D eigenvalue weighted by Gasteiger charge is -2.10. The van der Waals surface area contributed by atoms with Gasteiger partial charge in [-0.25, -0.2) is 4.79 Å². The van der Waals surface area contributed by atoms with Crippen molar-refractivity contribution in [2.45, 2.75) is 0 Å². The van der Waals surface area contributed by atoms with E-state index in [0.29, 0.717) is 27.6 Å². The second-order valence-electron chi connectivity index (χ2n) is 4.98. The first kappa shape index (κ1) is 15.8. The van der Waals surface area contributed by atoms with Crippen LogP contribution in [0.25, 0.3) is 11.3 Å². The first-order chi connectivity index (χ1) is 11.5. The van der Waals surface area contributed by atoms with Gasteiger partial charge in [-0.15, -0.1) is 0 Å². The van der Waals surface area contributed by atoms with Gasteiger partial charge in [-0.05, 0) is 42.5 Å². The summed E-state index contributed by atoms with van der Waals surface area (Å²) >= 11 is 6.01. The predicted molar refractivity (Wildman–Crippen MR) is 90.5 cm³/mol. The van der Waals surface area contributed by atoms with Gasteiger partial charge < -0.3 is 14.8 Å². The standard InChI is InChI=1S/C18H12ClNO4/c19-12-6-7-13(15-8-9-16(24-15)18(22)23)14(10-12)20-17(21)11-4-2-1-3-5-11/h1-10H,(H,20,21)(H,22,23). The molecule has 1 heterocycles. The van der Waals surface area contributed by atoms with Gasteiger partial charge in [-0.1, -0.05) is 29.8 Å². The Morgan fingerprint density at radius 2 is 1.75 bits per heavy atom. The molecule has 24 heavy (non-hydrogen) atoms. The highest BCUT2D eigenvalue weighted by Gasteiger charge is 2.15. The lowest BCUT2D eigenvalue weighted by molar-refractivity contribution is 0.0663. The number of halogens is 1. The van der Waals surface area contributed by atoms with E-state index in [1.54, 1.807) is 42.5 Å². The fourth-order valence-electron chi connectivity index (χ4n) is 2.22. The smallest absolute Gasteiger partial charge is 0.371 e. The van der Waals surface area contributed by atoms with Crippen molar-refractivity contribution in [1.82, 2.24) is 0 Å². The first-order valence-electron chi connectivity index (χ1n) is 7.04. The molecule has 5 nitrogen and oxygen atoms in total. The van der Waals surface area contributed by atoms with Crippen molar-refractivity contribution in [3.63, 3.8) is 0 Å². The molecule has 0 radical (unpaired) electrons. The number of hydrogen-bond acceptors (Lipinski definition) is 3. The zero-order chi connectivity index (χ0) is 17.1. The molecule has 0 atom stereocenters. The molecule has 6 heteroatoms. The van der Waals surface area contributed by atoms with Crippen LogP contribution in [0.1, 0.15) is 20.9 Å². The zero-order valence-corrected chi connectivity index (χ0v) is 13.1. The minimum Gasteiger partial charge on any atom is -0.475 e. The second-order valence-corrected chi connectivity index (χ2v) is 5.42. The molecule has 120 valence electrons. The number of furan rings is 1. The number of benzene rings is 2. The van der Waals surface area contributed by atoms with E-state index in [4.69, 9.17) is 21.1 Å². The molecule has 0 aliphatic carbocycles. The number of carboxylic acids is 1. The normalized spacial score (nSPS) is 10.4. The summed E-state index contributed by atoms with van der Waals surface area (Å²) in [6.07, 6.45) is 0. The van der Waals surface area contributed by atoms with Crippen LogP contribution in [0.15, 0.2) is 65.1 Å². The Kier molecular flexibility index (Phi) is 4.35. The predicted octanol–water partition coefficient (Wildman–Crippen LogP) is 4.55. The van der Waals surface area contributed by atoms with Gasteiger partial charge >= 0.3 is 5.97 Å². The Morgan fingerprint density at radius 1 is 1.00 bits per heavy atom. The Bertz CT molecular complexity index is 902. The molecule has 0 aliphatic rings. The van der Waals surface area contributed by atoms with Crippen LogP contribution in [0.4, 0.5) is 5.69 Å². The lowest BCUT2D eigenvalue weighted by atomic mass is 10.1. The van der Waals surface area contributed by atoms with Crippen molar-refractivity contribution in [3.8, 4) is 11.3 Å². The highest BCUT2D eigenvalue weighted by Crippen LogP contribution is 2.32. The van der Waals surface area contributed by atoms with E-state index in [0.717, 1.165) is 0 Å². The van der Waals surface area contributed by atoms with Crippen molar-refractivity contribution in [1.29, 1.82) is 0 Å². The lowest BCUT2D eigenvalue weighted by Crippen LogP contribution is -2.12. The molecule has 2 aromatic carbocycles. The Hall–Kier alpha value is -3.05. The summed E-state index contributed by atoms with van der Waals surface area (Å²) in [5.74, 6) is -1.32. The van der Waals surface area contributed by atoms with E-state index in [1.807, 2.05) is 6.07 Å². The van der Waals surface area contributed by atoms with Crippen LogP contribution in [0.2, 0.25) is 5.02 Å². The maximum atomic E-state index is 12.3. The molecule has 0 unspecified atom stereocenters. The molecular weight excluding hydrogens is 330 g/mol. The molecule has 0 aliphatic heterocycles. The molecule has 0 fully saturated rings. The van der Waals surface area contributed by atoms with Gasteiger partial charge in [0.2, 0.25) is 5.76 Å². The van der Waals surface area contributed by atoms with Gasteiger partial charge in [-0.2, -0.15) is 0 Å². The van der Waals surface area contributed by atoms with E-state index in [1.165, 1.54) is 12.1 Å². The number of aromatic carboxylic acids is 1. The van der Waals surface area contributed by atoms with Crippen LogP contribution in [0.3, 0.4) is 0 Å². The highest BCUT2D eigenvalue weighted by molar-refractivity contribution is 6.31. The van der Waals surface area contributed by atoms with Crippen LogP contribution in [0, 0.1) is 0 Å². The van der Waals surface area contributed by atoms with Gasteiger partial charge in [0.05, 0.1) is 5.69 Å². The average Bonchev–Trinajstić information content (AvgIpc) is 3.06. The highest BCUT2D eigenvalue weighted by atomic mass is 35.5. The van der Waals surface area contributed by atoms with Gasteiger partial charge in [0, 0.05) is 16.1 Å². The molecule has 3 aromatic rings. The molecule has 2 N–H and O–H groups in total. The summed E-state index contributed by atoms with van der Waals surface area (Å²) in [6.45, 7) is 0. The van der Waals surface area contributed by atoms with Crippen molar-refractivity contribution < 1.29 is 19.1 Å². The number of anilines is 1. The number of rotatable bonds is 4. The van der Waals surface area contributed by atoms with E-state index in [-0.39, 0.29) is 11.7 Å². The van der Waals surface area contributed by atoms with Gasteiger partial charge in [0.25, 0.3) is 5.91 Å². The fourth-order valence-corrected chi connectivity index (χ4v) is 2.39. The minimum absolute atomic E-state index is 0.180. The Morgan fingerprint density at radius 3 is 2.42 bits per heavy atom. The third kappa shape index (κ3) is 3.31. The SMILES string of the molecule is O=C(Nc1cc(Cl)ccc1-c1ccc(C(=O)O)o1)c1ccccc1. The van der Waals surface area contributed by atoms with Crippen molar-refractivity contribution in [2.75, 3.05) is 5.32 Å². The summed E-state index contributed by atoms with van der Waals surface area (Å²) in [5, 5.41) is 12.2. The maximum absolute atomic E-state index is 12.3. The molecular formula is C18H12ClNO4. The third-order valence-corrected chi connectivity index (χ3v) is 3.58.